The number of nitrogens with one attached hydrogen (secondary N) is 2. The lowest BCUT2D eigenvalue weighted by molar-refractivity contribution is -0.117. The molecule has 0 aliphatic heterocycles. The average Bonchev–Trinajstić information content (AvgIpc) is 3.64. The van der Waals surface area contributed by atoms with Gasteiger partial charge in [0.25, 0.3) is 0 Å². The van der Waals surface area contributed by atoms with Crippen LogP contribution >= 0.6 is 0 Å². The van der Waals surface area contributed by atoms with Crippen LogP contribution in [0.1, 0.15) is 18.4 Å². The van der Waals surface area contributed by atoms with Gasteiger partial charge in [-0.25, -0.2) is 9.97 Å². The van der Waals surface area contributed by atoms with Gasteiger partial charge in [0, 0.05) is 29.1 Å². The summed E-state index contributed by atoms with van der Waals surface area (Å²) in [5.41, 5.74) is 3.80. The minimum atomic E-state index is 0.120. The fraction of sp³-hybridized carbons (Fsp3) is 0.160. The summed E-state index contributed by atoms with van der Waals surface area (Å²) in [6, 6.07) is 25.9. The summed E-state index contributed by atoms with van der Waals surface area (Å²) in [4.78, 5) is 21.6. The number of para-hydroxylation sites is 1. The number of fused-ring (bicyclic) bond motifs is 1. The molecule has 1 aliphatic rings. The maximum Gasteiger partial charge on any atom is 0.227 e. The summed E-state index contributed by atoms with van der Waals surface area (Å²) in [5, 5.41) is 7.46. The Hall–Kier alpha value is -3.73. The summed E-state index contributed by atoms with van der Waals surface area (Å²) in [5.74, 6) is 1.80. The predicted molar refractivity (Wildman–Crippen MR) is 120 cm³/mol. The van der Waals surface area contributed by atoms with Gasteiger partial charge < -0.3 is 10.6 Å². The number of hydrogen-bond acceptors (Lipinski definition) is 4. The molecule has 0 unspecified atom stereocenters. The van der Waals surface area contributed by atoms with Crippen molar-refractivity contribution in [1.82, 2.24) is 9.97 Å². The van der Waals surface area contributed by atoms with E-state index in [2.05, 4.69) is 10.6 Å². The third kappa shape index (κ3) is 4.01. The standard InChI is InChI=1S/C25H22N4O/c30-25(19-13-14-19)27-20-10-6-7-17(15-20)16-26-24-21-11-4-5-12-22(21)28-23(29-24)18-8-2-1-3-9-18/h1-12,15,19H,13-14,16H2,(H,27,30)(H,26,28,29). The van der Waals surface area contributed by atoms with Gasteiger partial charge in [-0.15, -0.1) is 0 Å². The van der Waals surface area contributed by atoms with Crippen molar-refractivity contribution in [3.63, 3.8) is 0 Å². The molecular formula is C25H22N4O. The topological polar surface area (TPSA) is 66.9 Å². The van der Waals surface area contributed by atoms with Gasteiger partial charge in [-0.2, -0.15) is 0 Å². The highest BCUT2D eigenvalue weighted by atomic mass is 16.2. The van der Waals surface area contributed by atoms with Crippen LogP contribution in [-0.4, -0.2) is 15.9 Å². The Morgan fingerprint density at radius 3 is 2.53 bits per heavy atom. The van der Waals surface area contributed by atoms with E-state index in [1.165, 1.54) is 0 Å². The van der Waals surface area contributed by atoms with Crippen molar-refractivity contribution in [3.8, 4) is 11.4 Å². The van der Waals surface area contributed by atoms with Crippen molar-refractivity contribution < 1.29 is 4.79 Å². The molecule has 3 aromatic carbocycles. The molecule has 4 aromatic rings. The van der Waals surface area contributed by atoms with Gasteiger partial charge >= 0.3 is 0 Å². The van der Waals surface area contributed by atoms with E-state index < -0.39 is 0 Å². The zero-order chi connectivity index (χ0) is 20.3. The molecule has 0 spiro atoms. The van der Waals surface area contributed by atoms with Crippen molar-refractivity contribution in [1.29, 1.82) is 0 Å². The summed E-state index contributed by atoms with van der Waals surface area (Å²) >= 11 is 0. The van der Waals surface area contributed by atoms with Crippen LogP contribution in [0.2, 0.25) is 0 Å². The molecule has 1 fully saturated rings. The minimum absolute atomic E-state index is 0.120. The molecule has 5 nitrogen and oxygen atoms in total. The van der Waals surface area contributed by atoms with Crippen LogP contribution in [-0.2, 0) is 11.3 Å². The van der Waals surface area contributed by atoms with Crippen LogP contribution < -0.4 is 10.6 Å². The number of carbonyl (C=O) groups is 1. The molecular weight excluding hydrogens is 372 g/mol. The number of carbonyl (C=O) groups excluding carboxylic acids is 1. The second kappa shape index (κ2) is 7.95. The van der Waals surface area contributed by atoms with Crippen LogP contribution in [0, 0.1) is 5.92 Å². The van der Waals surface area contributed by atoms with E-state index in [0.29, 0.717) is 12.4 Å². The Kier molecular flexibility index (Phi) is 4.85. The Bertz CT molecular complexity index is 1200. The second-order valence-corrected chi connectivity index (χ2v) is 7.60. The highest BCUT2D eigenvalue weighted by molar-refractivity contribution is 5.94. The van der Waals surface area contributed by atoms with Crippen LogP contribution in [0.15, 0.2) is 78.9 Å². The van der Waals surface area contributed by atoms with Crippen molar-refractivity contribution in [2.45, 2.75) is 19.4 Å². The Labute approximate surface area is 175 Å². The molecule has 5 heteroatoms. The lowest BCUT2D eigenvalue weighted by atomic mass is 10.1. The monoisotopic (exact) mass is 394 g/mol. The number of aromatic nitrogens is 2. The number of rotatable bonds is 6. The second-order valence-electron chi connectivity index (χ2n) is 7.60. The Balaban J connectivity index is 1.40. The number of hydrogen-bond donors (Lipinski definition) is 2. The molecule has 5 rings (SSSR count). The first-order valence-electron chi connectivity index (χ1n) is 10.2. The molecule has 0 saturated heterocycles. The molecule has 148 valence electrons. The third-order valence-corrected chi connectivity index (χ3v) is 5.24. The van der Waals surface area contributed by atoms with E-state index in [1.807, 2.05) is 78.9 Å². The molecule has 0 radical (unpaired) electrons. The first-order valence-corrected chi connectivity index (χ1v) is 10.2. The fourth-order valence-corrected chi connectivity index (χ4v) is 3.46. The van der Waals surface area contributed by atoms with Crippen molar-refractivity contribution in [3.05, 3.63) is 84.4 Å². The Morgan fingerprint density at radius 2 is 1.70 bits per heavy atom. The number of amides is 1. The van der Waals surface area contributed by atoms with Crippen molar-refractivity contribution in [2.75, 3.05) is 10.6 Å². The quantitative estimate of drug-likeness (QED) is 0.468. The molecule has 2 N–H and O–H groups in total. The van der Waals surface area contributed by atoms with E-state index >= 15 is 0 Å². The summed E-state index contributed by atoms with van der Waals surface area (Å²) < 4.78 is 0. The SMILES string of the molecule is O=C(Nc1cccc(CNc2nc(-c3ccccc3)nc3ccccc23)c1)C1CC1. The number of nitrogens with zero attached hydrogens (tertiary/aromatic N) is 2. The highest BCUT2D eigenvalue weighted by Crippen LogP contribution is 2.30. The van der Waals surface area contributed by atoms with Gasteiger partial charge in [0.15, 0.2) is 5.82 Å². The van der Waals surface area contributed by atoms with E-state index in [0.717, 1.165) is 46.4 Å². The first kappa shape index (κ1) is 18.3. The lowest BCUT2D eigenvalue weighted by Gasteiger charge is -2.12. The van der Waals surface area contributed by atoms with Crippen molar-refractivity contribution >= 4 is 28.3 Å². The lowest BCUT2D eigenvalue weighted by Crippen LogP contribution is -2.13. The molecule has 1 saturated carbocycles. The van der Waals surface area contributed by atoms with Gasteiger partial charge in [-0.05, 0) is 42.7 Å². The van der Waals surface area contributed by atoms with E-state index in [9.17, 15) is 4.79 Å². The fourth-order valence-electron chi connectivity index (χ4n) is 3.46. The molecule has 30 heavy (non-hydrogen) atoms. The van der Waals surface area contributed by atoms with Gasteiger partial charge in [-0.3, -0.25) is 4.79 Å². The smallest absolute Gasteiger partial charge is 0.227 e. The van der Waals surface area contributed by atoms with Gasteiger partial charge in [0.2, 0.25) is 5.91 Å². The molecule has 1 aliphatic carbocycles. The molecule has 0 bridgehead atoms. The van der Waals surface area contributed by atoms with Crippen LogP contribution in [0.4, 0.5) is 11.5 Å². The van der Waals surface area contributed by atoms with Crippen molar-refractivity contribution in [2.24, 2.45) is 5.92 Å². The predicted octanol–water partition coefficient (Wildman–Crippen LogP) is 5.26. The summed E-state index contributed by atoms with van der Waals surface area (Å²) in [6.07, 6.45) is 2.00. The largest absolute Gasteiger partial charge is 0.365 e. The van der Waals surface area contributed by atoms with E-state index in [-0.39, 0.29) is 11.8 Å². The van der Waals surface area contributed by atoms with E-state index in [1.54, 1.807) is 0 Å². The minimum Gasteiger partial charge on any atom is -0.365 e. The maximum atomic E-state index is 12.0. The molecule has 1 aromatic heterocycles. The van der Waals surface area contributed by atoms with Crippen LogP contribution in [0.3, 0.4) is 0 Å². The van der Waals surface area contributed by atoms with E-state index in [4.69, 9.17) is 9.97 Å². The number of benzene rings is 3. The van der Waals surface area contributed by atoms with Crippen LogP contribution in [0.25, 0.3) is 22.3 Å². The van der Waals surface area contributed by atoms with Gasteiger partial charge in [0.05, 0.1) is 5.52 Å². The molecule has 0 atom stereocenters. The maximum absolute atomic E-state index is 12.0. The molecule has 1 amide bonds. The Morgan fingerprint density at radius 1 is 0.900 bits per heavy atom. The summed E-state index contributed by atoms with van der Waals surface area (Å²) in [6.45, 7) is 0.600. The first-order chi connectivity index (χ1) is 14.8. The highest BCUT2D eigenvalue weighted by Gasteiger charge is 2.29. The molecule has 1 heterocycles. The number of anilines is 2. The third-order valence-electron chi connectivity index (χ3n) is 5.24. The zero-order valence-corrected chi connectivity index (χ0v) is 16.5. The average molecular weight is 394 g/mol. The van der Waals surface area contributed by atoms with Crippen LogP contribution in [0.5, 0.6) is 0 Å². The zero-order valence-electron chi connectivity index (χ0n) is 16.5. The van der Waals surface area contributed by atoms with Gasteiger partial charge in [-0.1, -0.05) is 54.6 Å². The summed E-state index contributed by atoms with van der Waals surface area (Å²) in [7, 11) is 0. The normalized spacial score (nSPS) is 13.2. The van der Waals surface area contributed by atoms with Gasteiger partial charge in [0.1, 0.15) is 5.82 Å².